The SMILES string of the molecule is CN(C(=O)COc1ccccc1Cl)C(C)(C)CO. The van der Waals surface area contributed by atoms with Crippen molar-refractivity contribution in [3.05, 3.63) is 29.3 Å². The second-order valence-electron chi connectivity index (χ2n) is 4.64. The molecule has 0 radical (unpaired) electrons. The highest BCUT2D eigenvalue weighted by atomic mass is 35.5. The summed E-state index contributed by atoms with van der Waals surface area (Å²) >= 11 is 5.91. The number of para-hydroxylation sites is 1. The van der Waals surface area contributed by atoms with Crippen molar-refractivity contribution in [1.82, 2.24) is 4.90 Å². The third-order valence-corrected chi connectivity index (χ3v) is 3.17. The Kier molecular flexibility index (Phi) is 4.99. The van der Waals surface area contributed by atoms with Crippen molar-refractivity contribution < 1.29 is 14.6 Å². The Hall–Kier alpha value is -1.26. The van der Waals surface area contributed by atoms with E-state index in [1.165, 1.54) is 4.90 Å². The van der Waals surface area contributed by atoms with Gasteiger partial charge in [-0.3, -0.25) is 4.79 Å². The molecule has 0 saturated heterocycles. The molecule has 1 amide bonds. The van der Waals surface area contributed by atoms with E-state index in [2.05, 4.69) is 0 Å². The molecule has 1 aromatic carbocycles. The fraction of sp³-hybridized carbons (Fsp3) is 0.462. The van der Waals surface area contributed by atoms with Crippen LogP contribution in [0.2, 0.25) is 5.02 Å². The predicted octanol–water partition coefficient (Wildman–Crippen LogP) is 1.95. The predicted molar refractivity (Wildman–Crippen MR) is 70.9 cm³/mol. The Morgan fingerprint density at radius 3 is 2.61 bits per heavy atom. The molecule has 4 nitrogen and oxygen atoms in total. The van der Waals surface area contributed by atoms with Crippen LogP contribution in [-0.4, -0.2) is 41.7 Å². The van der Waals surface area contributed by atoms with Gasteiger partial charge in [0.1, 0.15) is 5.75 Å². The normalized spacial score (nSPS) is 11.2. The van der Waals surface area contributed by atoms with Crippen molar-refractivity contribution in [2.75, 3.05) is 20.3 Å². The molecular weight excluding hydrogens is 254 g/mol. The number of hydrogen-bond donors (Lipinski definition) is 1. The molecule has 0 fully saturated rings. The molecule has 0 atom stereocenters. The van der Waals surface area contributed by atoms with Crippen LogP contribution in [0.1, 0.15) is 13.8 Å². The Morgan fingerprint density at radius 1 is 1.44 bits per heavy atom. The lowest BCUT2D eigenvalue weighted by Gasteiger charge is -2.33. The molecule has 0 spiro atoms. The first kappa shape index (κ1) is 14.8. The van der Waals surface area contributed by atoms with E-state index in [-0.39, 0.29) is 19.1 Å². The third-order valence-electron chi connectivity index (χ3n) is 2.86. The van der Waals surface area contributed by atoms with Crippen molar-refractivity contribution in [1.29, 1.82) is 0 Å². The summed E-state index contributed by atoms with van der Waals surface area (Å²) in [6.07, 6.45) is 0. The molecule has 0 heterocycles. The minimum Gasteiger partial charge on any atom is -0.482 e. The molecule has 1 N–H and O–H groups in total. The standard InChI is InChI=1S/C13H18ClNO3/c1-13(2,9-16)15(3)12(17)8-18-11-7-5-4-6-10(11)14/h4-7,16H,8-9H2,1-3H3. The molecule has 0 bridgehead atoms. The van der Waals surface area contributed by atoms with E-state index in [4.69, 9.17) is 16.3 Å². The molecule has 100 valence electrons. The third kappa shape index (κ3) is 3.62. The maximum atomic E-state index is 11.9. The first-order chi connectivity index (χ1) is 8.38. The van der Waals surface area contributed by atoms with Gasteiger partial charge < -0.3 is 14.7 Å². The Balaban J connectivity index is 2.59. The molecule has 1 aromatic rings. The fourth-order valence-corrected chi connectivity index (χ4v) is 1.43. The quantitative estimate of drug-likeness (QED) is 0.891. The van der Waals surface area contributed by atoms with Crippen molar-refractivity contribution in [3.63, 3.8) is 0 Å². The summed E-state index contributed by atoms with van der Waals surface area (Å²) < 4.78 is 5.35. The Labute approximate surface area is 112 Å². The average Bonchev–Trinajstić information content (AvgIpc) is 2.36. The highest BCUT2D eigenvalue weighted by Crippen LogP contribution is 2.23. The fourth-order valence-electron chi connectivity index (χ4n) is 1.24. The molecule has 0 aromatic heterocycles. The van der Waals surface area contributed by atoms with Crippen LogP contribution in [0.15, 0.2) is 24.3 Å². The molecule has 18 heavy (non-hydrogen) atoms. The van der Waals surface area contributed by atoms with Gasteiger partial charge in [0.25, 0.3) is 5.91 Å². The van der Waals surface area contributed by atoms with Crippen molar-refractivity contribution >= 4 is 17.5 Å². The molecular formula is C13H18ClNO3. The van der Waals surface area contributed by atoms with E-state index >= 15 is 0 Å². The summed E-state index contributed by atoms with van der Waals surface area (Å²) in [6.45, 7) is 3.34. The van der Waals surface area contributed by atoms with E-state index in [0.717, 1.165) is 0 Å². The van der Waals surface area contributed by atoms with E-state index < -0.39 is 5.54 Å². The summed E-state index contributed by atoms with van der Waals surface area (Å²) in [6, 6.07) is 6.97. The van der Waals surface area contributed by atoms with Crippen LogP contribution in [0, 0.1) is 0 Å². The number of amides is 1. The minimum absolute atomic E-state index is 0.107. The second kappa shape index (κ2) is 6.07. The molecule has 5 heteroatoms. The summed E-state index contributed by atoms with van der Waals surface area (Å²) in [5, 5.41) is 9.65. The second-order valence-corrected chi connectivity index (χ2v) is 5.05. The zero-order valence-electron chi connectivity index (χ0n) is 10.8. The smallest absolute Gasteiger partial charge is 0.260 e. The molecule has 0 unspecified atom stereocenters. The van der Waals surface area contributed by atoms with E-state index in [1.54, 1.807) is 45.2 Å². The van der Waals surface area contributed by atoms with Crippen LogP contribution in [0.4, 0.5) is 0 Å². The van der Waals surface area contributed by atoms with Gasteiger partial charge in [0.15, 0.2) is 6.61 Å². The number of benzene rings is 1. The Morgan fingerprint density at radius 2 is 2.06 bits per heavy atom. The lowest BCUT2D eigenvalue weighted by atomic mass is 10.1. The van der Waals surface area contributed by atoms with E-state index in [1.807, 2.05) is 0 Å². The van der Waals surface area contributed by atoms with Gasteiger partial charge in [-0.15, -0.1) is 0 Å². The van der Waals surface area contributed by atoms with Crippen molar-refractivity contribution in [2.24, 2.45) is 0 Å². The number of carbonyl (C=O) groups is 1. The van der Waals surface area contributed by atoms with Crippen molar-refractivity contribution in [3.8, 4) is 5.75 Å². The largest absolute Gasteiger partial charge is 0.482 e. The van der Waals surface area contributed by atoms with Crippen LogP contribution in [0.25, 0.3) is 0 Å². The lowest BCUT2D eigenvalue weighted by Crippen LogP contribution is -2.49. The summed E-state index contributed by atoms with van der Waals surface area (Å²) in [5.74, 6) is 0.261. The first-order valence-electron chi connectivity index (χ1n) is 5.63. The number of hydrogen-bond acceptors (Lipinski definition) is 3. The highest BCUT2D eigenvalue weighted by molar-refractivity contribution is 6.32. The average molecular weight is 272 g/mol. The molecule has 1 rings (SSSR count). The zero-order chi connectivity index (χ0) is 13.8. The van der Waals surface area contributed by atoms with Gasteiger partial charge in [0.05, 0.1) is 17.2 Å². The number of likely N-dealkylation sites (N-methyl/N-ethyl adjacent to an activating group) is 1. The van der Waals surface area contributed by atoms with Gasteiger partial charge >= 0.3 is 0 Å². The summed E-state index contributed by atoms with van der Waals surface area (Å²) in [7, 11) is 1.63. The number of ether oxygens (including phenoxy) is 1. The van der Waals surface area contributed by atoms with Crippen LogP contribution in [0.5, 0.6) is 5.75 Å². The minimum atomic E-state index is -0.610. The molecule has 0 aliphatic carbocycles. The highest BCUT2D eigenvalue weighted by Gasteiger charge is 2.26. The van der Waals surface area contributed by atoms with Crippen LogP contribution < -0.4 is 4.74 Å². The zero-order valence-corrected chi connectivity index (χ0v) is 11.6. The van der Waals surface area contributed by atoms with Crippen LogP contribution >= 0.6 is 11.6 Å². The number of halogens is 1. The van der Waals surface area contributed by atoms with Crippen molar-refractivity contribution in [2.45, 2.75) is 19.4 Å². The first-order valence-corrected chi connectivity index (χ1v) is 6.01. The summed E-state index contributed by atoms with van der Waals surface area (Å²) in [5.41, 5.74) is -0.610. The van der Waals surface area contributed by atoms with E-state index in [0.29, 0.717) is 10.8 Å². The van der Waals surface area contributed by atoms with E-state index in [9.17, 15) is 9.90 Å². The monoisotopic (exact) mass is 271 g/mol. The van der Waals surface area contributed by atoms with Gasteiger partial charge in [-0.2, -0.15) is 0 Å². The van der Waals surface area contributed by atoms with Gasteiger partial charge in [-0.25, -0.2) is 0 Å². The topological polar surface area (TPSA) is 49.8 Å². The van der Waals surface area contributed by atoms with Crippen LogP contribution in [0.3, 0.4) is 0 Å². The molecule has 0 aliphatic rings. The van der Waals surface area contributed by atoms with Gasteiger partial charge in [-0.1, -0.05) is 23.7 Å². The van der Waals surface area contributed by atoms with Gasteiger partial charge in [0, 0.05) is 7.05 Å². The maximum absolute atomic E-state index is 11.9. The van der Waals surface area contributed by atoms with Crippen LogP contribution in [-0.2, 0) is 4.79 Å². The molecule has 0 aliphatic heterocycles. The molecule has 0 saturated carbocycles. The number of aliphatic hydroxyl groups excluding tert-OH is 1. The number of rotatable bonds is 5. The number of carbonyl (C=O) groups excluding carboxylic acids is 1. The Bertz CT molecular complexity index is 420. The number of nitrogens with zero attached hydrogens (tertiary/aromatic N) is 1. The lowest BCUT2D eigenvalue weighted by molar-refractivity contribution is -0.138. The summed E-state index contributed by atoms with van der Waals surface area (Å²) in [4.78, 5) is 13.3. The number of aliphatic hydroxyl groups is 1. The van der Waals surface area contributed by atoms with Gasteiger partial charge in [-0.05, 0) is 26.0 Å². The van der Waals surface area contributed by atoms with Gasteiger partial charge in [0.2, 0.25) is 0 Å². The maximum Gasteiger partial charge on any atom is 0.260 e.